The predicted octanol–water partition coefficient (Wildman–Crippen LogP) is 9.40. The Morgan fingerprint density at radius 1 is 0.423 bits per heavy atom. The first-order valence-electron chi connectivity index (χ1n) is 12.3. The third kappa shape index (κ3) is 24.0. The second kappa shape index (κ2) is 25.0. The summed E-state index contributed by atoms with van der Waals surface area (Å²) in [7, 11) is 0. The van der Waals surface area contributed by atoms with Crippen LogP contribution in [0.3, 0.4) is 0 Å². The van der Waals surface area contributed by atoms with Gasteiger partial charge in [-0.3, -0.25) is 0 Å². The summed E-state index contributed by atoms with van der Waals surface area (Å²) in [5.74, 6) is 0. The lowest BCUT2D eigenvalue weighted by molar-refractivity contribution is 0.184. The fourth-order valence-electron chi connectivity index (χ4n) is 3.55. The van der Waals surface area contributed by atoms with Gasteiger partial charge in [-0.15, -0.1) is 0 Å². The van der Waals surface area contributed by atoms with Gasteiger partial charge < -0.3 is 4.74 Å². The summed E-state index contributed by atoms with van der Waals surface area (Å²) in [5, 5.41) is 0. The lowest BCUT2D eigenvalue weighted by atomic mass is 10.0. The minimum Gasteiger partial charge on any atom is -0.376 e. The van der Waals surface area contributed by atoms with E-state index < -0.39 is 0 Å². The van der Waals surface area contributed by atoms with Crippen molar-refractivity contribution in [2.45, 2.75) is 149 Å². The first-order valence-corrected chi connectivity index (χ1v) is 12.3. The Kier molecular flexibility index (Phi) is 24.9. The fourth-order valence-corrected chi connectivity index (χ4v) is 3.55. The highest BCUT2D eigenvalue weighted by Crippen LogP contribution is 2.14. The van der Waals surface area contributed by atoms with Gasteiger partial charge in [-0.1, -0.05) is 136 Å². The monoisotopic (exact) mass is 367 g/mol. The SMILES string of the molecule is CCCCCCCCCCCCCCCCCCC[CH]OCCCCC. The van der Waals surface area contributed by atoms with Gasteiger partial charge in [-0.25, -0.2) is 0 Å². The van der Waals surface area contributed by atoms with Crippen LogP contribution < -0.4 is 0 Å². The summed E-state index contributed by atoms with van der Waals surface area (Å²) in [6.07, 6.45) is 29.5. The van der Waals surface area contributed by atoms with Crippen molar-refractivity contribution in [3.8, 4) is 0 Å². The summed E-state index contributed by atoms with van der Waals surface area (Å²) in [5.41, 5.74) is 0. The van der Waals surface area contributed by atoms with Crippen LogP contribution in [0.15, 0.2) is 0 Å². The fraction of sp³-hybridized carbons (Fsp3) is 0.960. The Morgan fingerprint density at radius 3 is 1.19 bits per heavy atom. The van der Waals surface area contributed by atoms with E-state index in [0.29, 0.717) is 0 Å². The van der Waals surface area contributed by atoms with E-state index in [1.165, 1.54) is 128 Å². The summed E-state index contributed by atoms with van der Waals surface area (Å²) in [6.45, 7) is 7.50. The van der Waals surface area contributed by atoms with Crippen molar-refractivity contribution in [1.82, 2.24) is 0 Å². The van der Waals surface area contributed by atoms with Crippen molar-refractivity contribution in [2.24, 2.45) is 0 Å². The zero-order valence-electron chi connectivity index (χ0n) is 18.5. The van der Waals surface area contributed by atoms with Crippen molar-refractivity contribution < 1.29 is 4.74 Å². The van der Waals surface area contributed by atoms with Crippen LogP contribution in [0.25, 0.3) is 0 Å². The molecule has 0 fully saturated rings. The van der Waals surface area contributed by atoms with Crippen molar-refractivity contribution in [3.63, 3.8) is 0 Å². The molecule has 0 unspecified atom stereocenters. The van der Waals surface area contributed by atoms with Gasteiger partial charge in [0.05, 0.1) is 6.61 Å². The molecule has 0 aromatic rings. The Labute approximate surface area is 167 Å². The highest BCUT2D eigenvalue weighted by atomic mass is 16.5. The summed E-state index contributed by atoms with van der Waals surface area (Å²) >= 11 is 0. The molecule has 0 aromatic heterocycles. The average molecular weight is 368 g/mol. The maximum Gasteiger partial charge on any atom is 0.0836 e. The van der Waals surface area contributed by atoms with Gasteiger partial charge in [0.2, 0.25) is 0 Å². The van der Waals surface area contributed by atoms with Crippen LogP contribution in [-0.2, 0) is 4.74 Å². The molecule has 0 heterocycles. The standard InChI is InChI=1S/C25H51O/c1-3-5-7-8-9-10-11-12-13-14-15-16-17-18-19-20-21-23-25-26-24-22-6-4-2/h25H,3-24H2,1-2H3. The molecule has 0 bridgehead atoms. The van der Waals surface area contributed by atoms with Crippen LogP contribution in [0, 0.1) is 6.61 Å². The third-order valence-electron chi connectivity index (χ3n) is 5.41. The molecule has 0 amide bonds. The van der Waals surface area contributed by atoms with Crippen LogP contribution in [-0.4, -0.2) is 6.61 Å². The molecular weight excluding hydrogens is 316 g/mol. The molecule has 0 N–H and O–H groups in total. The second-order valence-corrected chi connectivity index (χ2v) is 8.19. The van der Waals surface area contributed by atoms with Gasteiger partial charge in [0.25, 0.3) is 0 Å². The summed E-state index contributed by atoms with van der Waals surface area (Å²) < 4.78 is 5.54. The van der Waals surface area contributed by atoms with Crippen LogP contribution in [0.1, 0.15) is 149 Å². The van der Waals surface area contributed by atoms with Crippen LogP contribution in [0.4, 0.5) is 0 Å². The quantitative estimate of drug-likeness (QED) is 0.163. The minimum absolute atomic E-state index is 0.923. The van der Waals surface area contributed by atoms with Gasteiger partial charge >= 0.3 is 0 Å². The van der Waals surface area contributed by atoms with E-state index in [2.05, 4.69) is 13.8 Å². The number of hydrogen-bond acceptors (Lipinski definition) is 1. The average Bonchev–Trinajstić information content (AvgIpc) is 2.66. The van der Waals surface area contributed by atoms with Crippen molar-refractivity contribution in [2.75, 3.05) is 6.61 Å². The molecule has 0 saturated heterocycles. The van der Waals surface area contributed by atoms with E-state index in [1.54, 1.807) is 0 Å². The number of rotatable bonds is 23. The third-order valence-corrected chi connectivity index (χ3v) is 5.41. The Hall–Kier alpha value is -0.0400. The molecule has 1 nitrogen and oxygen atoms in total. The molecule has 0 spiro atoms. The molecule has 0 saturated carbocycles. The topological polar surface area (TPSA) is 9.23 Å². The zero-order chi connectivity index (χ0) is 19.0. The maximum atomic E-state index is 5.54. The Bertz CT molecular complexity index is 202. The normalized spacial score (nSPS) is 11.3. The molecule has 157 valence electrons. The van der Waals surface area contributed by atoms with E-state index in [0.717, 1.165) is 13.0 Å². The molecule has 0 atom stereocenters. The second-order valence-electron chi connectivity index (χ2n) is 8.19. The lowest BCUT2D eigenvalue weighted by Crippen LogP contribution is -1.92. The molecule has 0 aromatic carbocycles. The summed E-state index contributed by atoms with van der Waals surface area (Å²) in [4.78, 5) is 0. The van der Waals surface area contributed by atoms with Crippen molar-refractivity contribution in [3.05, 3.63) is 6.61 Å². The zero-order valence-corrected chi connectivity index (χ0v) is 18.5. The van der Waals surface area contributed by atoms with Crippen LogP contribution in [0.5, 0.6) is 0 Å². The number of ether oxygens (including phenoxy) is 1. The van der Waals surface area contributed by atoms with E-state index in [-0.39, 0.29) is 0 Å². The number of unbranched alkanes of at least 4 members (excludes halogenated alkanes) is 19. The predicted molar refractivity (Wildman–Crippen MR) is 119 cm³/mol. The Morgan fingerprint density at radius 2 is 0.769 bits per heavy atom. The van der Waals surface area contributed by atoms with Crippen molar-refractivity contribution >= 4 is 0 Å². The molecule has 0 rings (SSSR count). The highest BCUT2D eigenvalue weighted by molar-refractivity contribution is 4.54. The molecule has 1 radical (unpaired) electrons. The summed E-state index contributed by atoms with van der Waals surface area (Å²) in [6, 6.07) is 0. The maximum absolute atomic E-state index is 5.54. The number of hydrogen-bond donors (Lipinski definition) is 0. The molecule has 0 aliphatic rings. The smallest absolute Gasteiger partial charge is 0.0836 e. The first kappa shape index (κ1) is 26.0. The molecule has 0 aliphatic carbocycles. The largest absolute Gasteiger partial charge is 0.376 e. The van der Waals surface area contributed by atoms with E-state index >= 15 is 0 Å². The van der Waals surface area contributed by atoms with Crippen molar-refractivity contribution in [1.29, 1.82) is 0 Å². The Balaban J connectivity index is 2.95. The van der Waals surface area contributed by atoms with Gasteiger partial charge in [0.15, 0.2) is 0 Å². The molecule has 26 heavy (non-hydrogen) atoms. The lowest BCUT2D eigenvalue weighted by Gasteiger charge is -2.04. The van der Waals surface area contributed by atoms with Gasteiger partial charge in [0.1, 0.15) is 0 Å². The van der Waals surface area contributed by atoms with Crippen LogP contribution in [0.2, 0.25) is 0 Å². The first-order chi connectivity index (χ1) is 12.9. The van der Waals surface area contributed by atoms with E-state index in [4.69, 9.17) is 4.74 Å². The molecule has 0 aliphatic heterocycles. The van der Waals surface area contributed by atoms with Gasteiger partial charge in [-0.2, -0.15) is 0 Å². The van der Waals surface area contributed by atoms with E-state index in [9.17, 15) is 0 Å². The van der Waals surface area contributed by atoms with Crippen LogP contribution >= 0.6 is 0 Å². The molecular formula is C25H51O. The van der Waals surface area contributed by atoms with E-state index in [1.807, 2.05) is 6.61 Å². The van der Waals surface area contributed by atoms with Gasteiger partial charge in [0, 0.05) is 6.61 Å². The highest BCUT2D eigenvalue weighted by Gasteiger charge is 1.95. The minimum atomic E-state index is 0.923. The molecule has 1 heteroatoms. The van der Waals surface area contributed by atoms with Gasteiger partial charge in [-0.05, 0) is 12.8 Å².